The summed E-state index contributed by atoms with van der Waals surface area (Å²) >= 11 is 0. The van der Waals surface area contributed by atoms with Gasteiger partial charge in [0.05, 0.1) is 11.4 Å². The first-order chi connectivity index (χ1) is 8.69. The van der Waals surface area contributed by atoms with Gasteiger partial charge in [0.25, 0.3) is 0 Å². The first-order valence-electron chi connectivity index (χ1n) is 7.02. The van der Waals surface area contributed by atoms with Gasteiger partial charge in [0, 0.05) is 25.7 Å². The van der Waals surface area contributed by atoms with Crippen molar-refractivity contribution in [2.45, 2.75) is 45.8 Å². The summed E-state index contributed by atoms with van der Waals surface area (Å²) in [7, 11) is 1.96. The Kier molecular flexibility index (Phi) is 4.72. The lowest BCUT2D eigenvalue weighted by Gasteiger charge is -2.26. The fourth-order valence-corrected chi connectivity index (χ4v) is 2.19. The van der Waals surface area contributed by atoms with Gasteiger partial charge >= 0.3 is 0 Å². The Bertz CT molecular complexity index is 372. The van der Waals surface area contributed by atoms with E-state index in [4.69, 9.17) is 4.98 Å². The fourth-order valence-electron chi connectivity index (χ4n) is 2.19. The van der Waals surface area contributed by atoms with Crippen LogP contribution in [0.1, 0.15) is 38.1 Å². The number of nitrogens with zero attached hydrogens (tertiary/aromatic N) is 2. The van der Waals surface area contributed by atoms with Crippen molar-refractivity contribution in [2.24, 2.45) is 5.92 Å². The smallest absolute Gasteiger partial charge is 0.0547 e. The molecule has 3 nitrogen and oxygen atoms in total. The molecule has 1 aliphatic rings. The van der Waals surface area contributed by atoms with Crippen LogP contribution in [0.5, 0.6) is 0 Å². The van der Waals surface area contributed by atoms with Crippen LogP contribution in [0, 0.1) is 5.92 Å². The quantitative estimate of drug-likeness (QED) is 0.802. The van der Waals surface area contributed by atoms with Crippen molar-refractivity contribution in [2.75, 3.05) is 13.6 Å². The number of pyridine rings is 1. The zero-order valence-corrected chi connectivity index (χ0v) is 11.8. The molecular weight excluding hydrogens is 222 g/mol. The lowest BCUT2D eigenvalue weighted by molar-refractivity contribution is 0.201. The molecule has 18 heavy (non-hydrogen) atoms. The van der Waals surface area contributed by atoms with Gasteiger partial charge in [-0.3, -0.25) is 9.88 Å². The highest BCUT2D eigenvalue weighted by Crippen LogP contribution is 2.30. The largest absolute Gasteiger partial charge is 0.314 e. The summed E-state index contributed by atoms with van der Waals surface area (Å²) < 4.78 is 0. The average Bonchev–Trinajstić information content (AvgIpc) is 3.13. The predicted molar refractivity (Wildman–Crippen MR) is 75.3 cm³/mol. The normalized spacial score (nSPS) is 15.6. The van der Waals surface area contributed by atoms with Gasteiger partial charge in [-0.05, 0) is 51.8 Å². The summed E-state index contributed by atoms with van der Waals surface area (Å²) in [4.78, 5) is 7.25. The molecule has 0 spiro atoms. The number of nitrogens with one attached hydrogen (secondary N) is 1. The van der Waals surface area contributed by atoms with Gasteiger partial charge in [0.15, 0.2) is 0 Å². The second-order valence-electron chi connectivity index (χ2n) is 5.62. The Balaban J connectivity index is 1.98. The fraction of sp³-hybridized carbons (Fsp3) is 0.667. The highest BCUT2D eigenvalue weighted by molar-refractivity contribution is 5.11. The highest BCUT2D eigenvalue weighted by Gasteiger charge is 2.25. The van der Waals surface area contributed by atoms with E-state index < -0.39 is 0 Å². The molecule has 1 aromatic heterocycles. The maximum absolute atomic E-state index is 4.71. The van der Waals surface area contributed by atoms with Crippen LogP contribution >= 0.6 is 0 Å². The molecule has 2 rings (SSSR count). The van der Waals surface area contributed by atoms with Gasteiger partial charge in [-0.25, -0.2) is 0 Å². The van der Waals surface area contributed by atoms with Crippen LogP contribution in [0.15, 0.2) is 18.2 Å². The van der Waals surface area contributed by atoms with Crippen molar-refractivity contribution in [1.82, 2.24) is 15.2 Å². The minimum atomic E-state index is 0.598. The maximum Gasteiger partial charge on any atom is 0.0547 e. The Hall–Kier alpha value is -0.930. The van der Waals surface area contributed by atoms with E-state index in [0.717, 1.165) is 24.7 Å². The van der Waals surface area contributed by atoms with E-state index in [9.17, 15) is 0 Å². The second-order valence-corrected chi connectivity index (χ2v) is 5.62. The Labute approximate surface area is 111 Å². The molecule has 3 heteroatoms. The summed E-state index contributed by atoms with van der Waals surface area (Å²) in [5, 5.41) is 3.15. The van der Waals surface area contributed by atoms with E-state index in [1.807, 2.05) is 7.05 Å². The van der Waals surface area contributed by atoms with Crippen LogP contribution < -0.4 is 5.32 Å². The van der Waals surface area contributed by atoms with Gasteiger partial charge in [-0.1, -0.05) is 6.07 Å². The van der Waals surface area contributed by atoms with E-state index in [2.05, 4.69) is 42.3 Å². The summed E-state index contributed by atoms with van der Waals surface area (Å²) in [5.74, 6) is 0.938. The third kappa shape index (κ3) is 4.07. The van der Waals surface area contributed by atoms with Crippen LogP contribution in [-0.4, -0.2) is 29.5 Å². The van der Waals surface area contributed by atoms with Crippen LogP contribution in [-0.2, 0) is 13.1 Å². The molecule has 1 fully saturated rings. The average molecular weight is 247 g/mol. The molecule has 0 aliphatic heterocycles. The zero-order valence-electron chi connectivity index (χ0n) is 11.8. The molecule has 1 aliphatic carbocycles. The molecule has 1 aromatic rings. The molecule has 100 valence electrons. The van der Waals surface area contributed by atoms with Gasteiger partial charge in [0.1, 0.15) is 0 Å². The predicted octanol–water partition coefficient (Wildman–Crippen LogP) is 2.42. The van der Waals surface area contributed by atoms with Gasteiger partial charge in [-0.2, -0.15) is 0 Å². The van der Waals surface area contributed by atoms with Gasteiger partial charge < -0.3 is 5.32 Å². The molecule has 1 N–H and O–H groups in total. The SMILES string of the molecule is CNCc1cccc(CN(CC2CC2)C(C)C)n1. The third-order valence-corrected chi connectivity index (χ3v) is 3.51. The lowest BCUT2D eigenvalue weighted by Crippen LogP contribution is -2.32. The van der Waals surface area contributed by atoms with E-state index in [-0.39, 0.29) is 0 Å². The van der Waals surface area contributed by atoms with Crippen LogP contribution in [0.2, 0.25) is 0 Å². The van der Waals surface area contributed by atoms with E-state index in [0.29, 0.717) is 6.04 Å². The molecule has 0 amide bonds. The standard InChI is InChI=1S/C15H25N3/c1-12(2)18(10-13-7-8-13)11-15-6-4-5-14(17-15)9-16-3/h4-6,12-13,16H,7-11H2,1-3H3. The van der Waals surface area contributed by atoms with Crippen molar-refractivity contribution >= 4 is 0 Å². The molecular formula is C15H25N3. The van der Waals surface area contributed by atoms with Crippen molar-refractivity contribution < 1.29 is 0 Å². The Morgan fingerprint density at radius 1 is 1.33 bits per heavy atom. The highest BCUT2D eigenvalue weighted by atomic mass is 15.2. The van der Waals surface area contributed by atoms with Crippen molar-refractivity contribution in [3.63, 3.8) is 0 Å². The number of hydrogen-bond acceptors (Lipinski definition) is 3. The topological polar surface area (TPSA) is 28.2 Å². The molecule has 0 bridgehead atoms. The molecule has 0 unspecified atom stereocenters. The van der Waals surface area contributed by atoms with Crippen LogP contribution in [0.25, 0.3) is 0 Å². The summed E-state index contributed by atoms with van der Waals surface area (Å²) in [6.45, 7) is 7.61. The Morgan fingerprint density at radius 2 is 2.06 bits per heavy atom. The summed E-state index contributed by atoms with van der Waals surface area (Å²) in [6, 6.07) is 6.94. The first-order valence-corrected chi connectivity index (χ1v) is 7.02. The number of aromatic nitrogens is 1. The molecule has 0 atom stereocenters. The zero-order chi connectivity index (χ0) is 13.0. The van der Waals surface area contributed by atoms with Crippen molar-refractivity contribution in [3.05, 3.63) is 29.6 Å². The monoisotopic (exact) mass is 247 g/mol. The molecule has 0 aromatic carbocycles. The van der Waals surface area contributed by atoms with Crippen LogP contribution in [0.3, 0.4) is 0 Å². The molecule has 0 radical (unpaired) electrons. The maximum atomic E-state index is 4.71. The van der Waals surface area contributed by atoms with Gasteiger partial charge in [0.2, 0.25) is 0 Å². The van der Waals surface area contributed by atoms with Gasteiger partial charge in [-0.15, -0.1) is 0 Å². The van der Waals surface area contributed by atoms with E-state index in [1.54, 1.807) is 0 Å². The minimum Gasteiger partial charge on any atom is -0.314 e. The van der Waals surface area contributed by atoms with E-state index in [1.165, 1.54) is 25.1 Å². The molecule has 1 saturated carbocycles. The third-order valence-electron chi connectivity index (χ3n) is 3.51. The molecule has 1 heterocycles. The number of rotatable bonds is 7. The second kappa shape index (κ2) is 6.30. The van der Waals surface area contributed by atoms with E-state index >= 15 is 0 Å². The van der Waals surface area contributed by atoms with Crippen LogP contribution in [0.4, 0.5) is 0 Å². The molecule has 0 saturated heterocycles. The Morgan fingerprint density at radius 3 is 2.67 bits per heavy atom. The summed E-state index contributed by atoms with van der Waals surface area (Å²) in [6.07, 6.45) is 2.83. The lowest BCUT2D eigenvalue weighted by atomic mass is 10.2. The minimum absolute atomic E-state index is 0.598. The van der Waals surface area contributed by atoms with Crippen molar-refractivity contribution in [3.8, 4) is 0 Å². The van der Waals surface area contributed by atoms with Crippen molar-refractivity contribution in [1.29, 1.82) is 0 Å². The number of hydrogen-bond donors (Lipinski definition) is 1. The summed E-state index contributed by atoms with van der Waals surface area (Å²) in [5.41, 5.74) is 2.32. The first kappa shape index (κ1) is 13.5.